The number of ether oxygens (including phenoxy) is 1. The van der Waals surface area contributed by atoms with Crippen LogP contribution >= 0.6 is 0 Å². The highest BCUT2D eigenvalue weighted by Gasteiger charge is 2.32. The minimum Gasteiger partial charge on any atom is -0.404 e. The molecule has 0 aliphatic carbocycles. The molecule has 0 spiro atoms. The van der Waals surface area contributed by atoms with Gasteiger partial charge in [0, 0.05) is 6.20 Å². The predicted molar refractivity (Wildman–Crippen MR) is 59.7 cm³/mol. The summed E-state index contributed by atoms with van der Waals surface area (Å²) in [6.45, 7) is 3.46. The van der Waals surface area contributed by atoms with Crippen molar-refractivity contribution in [2.24, 2.45) is 0 Å². The molecule has 0 saturated heterocycles. The van der Waals surface area contributed by atoms with E-state index in [-0.39, 0.29) is 5.75 Å². The van der Waals surface area contributed by atoms with Crippen LogP contribution in [0.1, 0.15) is 11.3 Å². The zero-order valence-electron chi connectivity index (χ0n) is 9.82. The summed E-state index contributed by atoms with van der Waals surface area (Å²) < 4.78 is 42.5. The monoisotopic (exact) mass is 256 g/mol. The topological polar surface area (TPSA) is 27.1 Å². The maximum Gasteiger partial charge on any atom is 0.573 e. The summed E-state index contributed by atoms with van der Waals surface area (Å²) in [4.78, 5) is 3.98. The molecule has 0 N–H and O–H groups in total. The number of hydrogen-bond acceptors (Lipinski definition) is 2. The Morgan fingerprint density at radius 3 is 2.50 bits per heavy atom. The van der Waals surface area contributed by atoms with Gasteiger partial charge >= 0.3 is 6.36 Å². The lowest BCUT2D eigenvalue weighted by Gasteiger charge is -2.14. The van der Waals surface area contributed by atoms with Gasteiger partial charge in [-0.2, -0.15) is 0 Å². The van der Waals surface area contributed by atoms with Crippen LogP contribution < -0.4 is 4.74 Å². The minimum atomic E-state index is -4.71. The van der Waals surface area contributed by atoms with E-state index in [9.17, 15) is 13.2 Å². The van der Waals surface area contributed by atoms with Crippen molar-refractivity contribution in [3.63, 3.8) is 0 Å². The number of hydrogen-bond donors (Lipinski definition) is 0. The van der Waals surface area contributed by atoms with E-state index >= 15 is 0 Å². The van der Waals surface area contributed by atoms with E-state index in [1.807, 2.05) is 0 Å². The first-order valence-corrected chi connectivity index (χ1v) is 5.22. The molecule has 0 saturated carbocycles. The van der Waals surface area contributed by atoms with Gasteiger partial charge in [0.15, 0.2) is 5.75 Å². The van der Waals surface area contributed by atoms with Crippen LogP contribution in [-0.4, -0.2) is 15.9 Å². The Bertz CT molecular complexity index is 561. The summed E-state index contributed by atoms with van der Waals surface area (Å²) in [5, 5.41) is 0. The highest BCUT2D eigenvalue weighted by molar-refractivity contribution is 5.49. The predicted octanol–water partition coefficient (Wildman–Crippen LogP) is 3.39. The van der Waals surface area contributed by atoms with Gasteiger partial charge in [-0.15, -0.1) is 13.2 Å². The van der Waals surface area contributed by atoms with Gasteiger partial charge in [-0.3, -0.25) is 0 Å². The largest absolute Gasteiger partial charge is 0.573 e. The second-order valence-electron chi connectivity index (χ2n) is 3.94. The van der Waals surface area contributed by atoms with Gasteiger partial charge in [-0.05, 0) is 31.5 Å². The lowest BCUT2D eigenvalue weighted by Crippen LogP contribution is -2.18. The third kappa shape index (κ3) is 2.82. The molecule has 0 aliphatic heterocycles. The lowest BCUT2D eigenvalue weighted by atomic mass is 10.2. The number of nitrogens with zero attached hydrogens (tertiary/aromatic N) is 2. The van der Waals surface area contributed by atoms with Crippen molar-refractivity contribution in [3.05, 3.63) is 42.0 Å². The van der Waals surface area contributed by atoms with Crippen molar-refractivity contribution < 1.29 is 17.9 Å². The highest BCUT2D eigenvalue weighted by Crippen LogP contribution is 2.30. The van der Waals surface area contributed by atoms with Gasteiger partial charge < -0.3 is 9.30 Å². The van der Waals surface area contributed by atoms with Crippen molar-refractivity contribution in [3.8, 4) is 11.4 Å². The molecule has 1 aromatic heterocycles. The zero-order valence-corrected chi connectivity index (χ0v) is 9.82. The van der Waals surface area contributed by atoms with Crippen LogP contribution in [0, 0.1) is 13.8 Å². The molecule has 1 aromatic carbocycles. The Labute approximate surface area is 102 Å². The van der Waals surface area contributed by atoms with Crippen LogP contribution in [0.15, 0.2) is 30.7 Å². The molecule has 0 bridgehead atoms. The molecule has 0 unspecified atom stereocenters. The molecule has 2 rings (SSSR count). The van der Waals surface area contributed by atoms with Gasteiger partial charge in [0.05, 0.1) is 17.7 Å². The molecule has 6 heteroatoms. The Morgan fingerprint density at radius 1 is 1.22 bits per heavy atom. The van der Waals surface area contributed by atoms with Gasteiger partial charge in [-0.25, -0.2) is 4.98 Å². The molecule has 0 atom stereocenters. The normalized spacial score (nSPS) is 11.6. The number of rotatable bonds is 2. The van der Waals surface area contributed by atoms with Crippen molar-refractivity contribution in [2.45, 2.75) is 20.2 Å². The first kappa shape index (κ1) is 12.5. The fourth-order valence-corrected chi connectivity index (χ4v) is 1.59. The fraction of sp³-hybridized carbons (Fsp3) is 0.250. The maximum absolute atomic E-state index is 12.3. The van der Waals surface area contributed by atoms with Crippen LogP contribution in [0.25, 0.3) is 5.69 Å². The van der Waals surface area contributed by atoms with E-state index in [1.54, 1.807) is 32.2 Å². The maximum atomic E-state index is 12.3. The van der Waals surface area contributed by atoms with E-state index in [4.69, 9.17) is 0 Å². The fourth-order valence-electron chi connectivity index (χ4n) is 1.59. The minimum absolute atomic E-state index is 0.236. The number of aryl methyl sites for hydroxylation is 2. The van der Waals surface area contributed by atoms with Gasteiger partial charge in [0.2, 0.25) is 0 Å². The van der Waals surface area contributed by atoms with Crippen LogP contribution in [-0.2, 0) is 0 Å². The Kier molecular flexibility index (Phi) is 3.02. The average molecular weight is 256 g/mol. The standard InChI is InChI=1S/C12H11F3N2O/c1-8-3-4-10(17-6-9(2)16-7-17)11(5-8)18-12(13,14)15/h3-7H,1-2H3. The van der Waals surface area contributed by atoms with Gasteiger partial charge in [0.25, 0.3) is 0 Å². The molecule has 0 aliphatic rings. The summed E-state index contributed by atoms with van der Waals surface area (Å²) in [6, 6.07) is 4.63. The Balaban J connectivity index is 2.47. The molecule has 18 heavy (non-hydrogen) atoms. The van der Waals surface area contributed by atoms with E-state index in [1.165, 1.54) is 17.0 Å². The number of aromatic nitrogens is 2. The van der Waals surface area contributed by atoms with Crippen LogP contribution in [0.3, 0.4) is 0 Å². The lowest BCUT2D eigenvalue weighted by molar-refractivity contribution is -0.274. The third-order valence-electron chi connectivity index (χ3n) is 2.33. The number of imidazole rings is 1. The number of alkyl halides is 3. The SMILES string of the molecule is Cc1ccc(-n2cnc(C)c2)c(OC(F)(F)F)c1. The van der Waals surface area contributed by atoms with E-state index in [0.717, 1.165) is 0 Å². The van der Waals surface area contributed by atoms with Crippen LogP contribution in [0.4, 0.5) is 13.2 Å². The summed E-state index contributed by atoms with van der Waals surface area (Å²) in [5.74, 6) is -0.236. The van der Waals surface area contributed by atoms with E-state index in [2.05, 4.69) is 9.72 Å². The third-order valence-corrected chi connectivity index (χ3v) is 2.33. The Morgan fingerprint density at radius 2 is 1.94 bits per heavy atom. The van der Waals surface area contributed by atoms with Crippen molar-refractivity contribution in [1.82, 2.24) is 9.55 Å². The molecule has 0 radical (unpaired) electrons. The van der Waals surface area contributed by atoms with E-state index < -0.39 is 6.36 Å². The van der Waals surface area contributed by atoms with Gasteiger partial charge in [0.1, 0.15) is 0 Å². The molecule has 96 valence electrons. The zero-order chi connectivity index (χ0) is 13.3. The van der Waals surface area contributed by atoms with E-state index in [0.29, 0.717) is 16.9 Å². The van der Waals surface area contributed by atoms with Crippen LogP contribution in [0.2, 0.25) is 0 Å². The number of halogens is 3. The summed E-state index contributed by atoms with van der Waals surface area (Å²) in [5.41, 5.74) is 1.71. The molecule has 0 fully saturated rings. The quantitative estimate of drug-likeness (QED) is 0.823. The molecular formula is C12H11F3N2O. The smallest absolute Gasteiger partial charge is 0.404 e. The molecule has 2 aromatic rings. The second-order valence-corrected chi connectivity index (χ2v) is 3.94. The average Bonchev–Trinajstić information content (AvgIpc) is 2.62. The van der Waals surface area contributed by atoms with Crippen LogP contribution in [0.5, 0.6) is 5.75 Å². The first-order chi connectivity index (χ1) is 8.35. The first-order valence-electron chi connectivity index (χ1n) is 5.22. The number of benzene rings is 1. The summed E-state index contributed by atoms with van der Waals surface area (Å²) in [7, 11) is 0. The summed E-state index contributed by atoms with van der Waals surface area (Å²) >= 11 is 0. The molecule has 1 heterocycles. The molecule has 0 amide bonds. The second kappa shape index (κ2) is 4.36. The molecular weight excluding hydrogens is 245 g/mol. The van der Waals surface area contributed by atoms with Crippen molar-refractivity contribution in [1.29, 1.82) is 0 Å². The van der Waals surface area contributed by atoms with Crippen molar-refractivity contribution >= 4 is 0 Å². The van der Waals surface area contributed by atoms with Gasteiger partial charge in [-0.1, -0.05) is 6.07 Å². The summed E-state index contributed by atoms with van der Waals surface area (Å²) in [6.07, 6.45) is -1.63. The van der Waals surface area contributed by atoms with Crippen molar-refractivity contribution in [2.75, 3.05) is 0 Å². The molecule has 3 nitrogen and oxygen atoms in total. The Hall–Kier alpha value is -1.98. The highest BCUT2D eigenvalue weighted by atomic mass is 19.4.